The minimum atomic E-state index is -0.614. The van der Waals surface area contributed by atoms with Crippen LogP contribution in [0.2, 0.25) is 0 Å². The van der Waals surface area contributed by atoms with Gasteiger partial charge in [-0.3, -0.25) is 9.59 Å². The van der Waals surface area contributed by atoms with E-state index in [2.05, 4.69) is 17.4 Å². The standard InChI is InChI=1S/C25H23NO4/c27-23(26-16-8-11-18-9-2-1-3-10-18)17-29-25(28)24-19-12-4-6-14-21(19)30-22-15-7-5-13-20(22)24/h1-7,9-10,12-15,24H,8,11,16-17H2,(H,26,27). The molecule has 0 unspecified atom stereocenters. The topological polar surface area (TPSA) is 64.6 Å². The normalized spacial score (nSPS) is 12.3. The summed E-state index contributed by atoms with van der Waals surface area (Å²) in [6.45, 7) is 0.236. The molecule has 1 N–H and O–H groups in total. The minimum Gasteiger partial charge on any atom is -0.457 e. The highest BCUT2D eigenvalue weighted by molar-refractivity contribution is 5.87. The zero-order valence-corrected chi connectivity index (χ0v) is 16.5. The van der Waals surface area contributed by atoms with Gasteiger partial charge in [0.15, 0.2) is 6.61 Å². The second-order valence-electron chi connectivity index (χ2n) is 7.16. The fourth-order valence-corrected chi connectivity index (χ4v) is 3.60. The number of nitrogens with one attached hydrogen (secondary N) is 1. The monoisotopic (exact) mass is 401 g/mol. The molecule has 0 fully saturated rings. The lowest BCUT2D eigenvalue weighted by atomic mass is 9.88. The molecule has 30 heavy (non-hydrogen) atoms. The molecular weight excluding hydrogens is 378 g/mol. The first-order valence-corrected chi connectivity index (χ1v) is 10.1. The van der Waals surface area contributed by atoms with Crippen LogP contribution in [0.3, 0.4) is 0 Å². The van der Waals surface area contributed by atoms with Gasteiger partial charge >= 0.3 is 5.97 Å². The number of para-hydroxylation sites is 2. The van der Waals surface area contributed by atoms with Crippen molar-refractivity contribution in [3.63, 3.8) is 0 Å². The Morgan fingerprint density at radius 1 is 0.833 bits per heavy atom. The van der Waals surface area contributed by atoms with Gasteiger partial charge in [-0.1, -0.05) is 66.7 Å². The summed E-state index contributed by atoms with van der Waals surface area (Å²) in [5.74, 6) is -0.119. The number of amides is 1. The van der Waals surface area contributed by atoms with Gasteiger partial charge in [0, 0.05) is 17.7 Å². The Morgan fingerprint density at radius 3 is 2.10 bits per heavy atom. The lowest BCUT2D eigenvalue weighted by Gasteiger charge is -2.26. The third kappa shape index (κ3) is 4.51. The quantitative estimate of drug-likeness (QED) is 0.476. The Balaban J connectivity index is 1.32. The number of ether oxygens (including phenoxy) is 2. The summed E-state index contributed by atoms with van der Waals surface area (Å²) in [4.78, 5) is 25.0. The number of benzene rings is 3. The molecule has 1 aliphatic rings. The van der Waals surface area contributed by atoms with Gasteiger partial charge in [0.05, 0.1) is 0 Å². The Bertz CT molecular complexity index is 987. The molecule has 3 aromatic rings. The van der Waals surface area contributed by atoms with Gasteiger partial charge in [0.1, 0.15) is 17.4 Å². The molecule has 1 heterocycles. The molecule has 0 saturated heterocycles. The maximum absolute atomic E-state index is 12.9. The van der Waals surface area contributed by atoms with Crippen molar-refractivity contribution >= 4 is 11.9 Å². The number of esters is 1. The molecule has 0 saturated carbocycles. The highest BCUT2D eigenvalue weighted by Crippen LogP contribution is 2.44. The Morgan fingerprint density at radius 2 is 1.43 bits per heavy atom. The van der Waals surface area contributed by atoms with E-state index in [4.69, 9.17) is 9.47 Å². The van der Waals surface area contributed by atoms with Gasteiger partial charge in [0.2, 0.25) is 0 Å². The van der Waals surface area contributed by atoms with Crippen molar-refractivity contribution in [1.29, 1.82) is 0 Å². The number of fused-ring (bicyclic) bond motifs is 2. The van der Waals surface area contributed by atoms with Crippen LogP contribution >= 0.6 is 0 Å². The number of hydrogen-bond donors (Lipinski definition) is 1. The molecule has 0 aromatic heterocycles. The molecule has 152 valence electrons. The molecular formula is C25H23NO4. The van der Waals surface area contributed by atoms with E-state index in [0.29, 0.717) is 18.0 Å². The lowest BCUT2D eigenvalue weighted by Crippen LogP contribution is -2.31. The Kier molecular flexibility index (Phi) is 6.09. The molecule has 0 bridgehead atoms. The molecule has 5 nitrogen and oxygen atoms in total. The van der Waals surface area contributed by atoms with Crippen LogP contribution in [0.15, 0.2) is 78.9 Å². The first kappa shape index (κ1) is 19.7. The van der Waals surface area contributed by atoms with Crippen molar-refractivity contribution < 1.29 is 19.1 Å². The smallest absolute Gasteiger partial charge is 0.318 e. The van der Waals surface area contributed by atoms with E-state index >= 15 is 0 Å². The molecule has 3 aromatic carbocycles. The van der Waals surface area contributed by atoms with Crippen molar-refractivity contribution in [3.8, 4) is 11.5 Å². The highest BCUT2D eigenvalue weighted by atomic mass is 16.5. The summed E-state index contributed by atoms with van der Waals surface area (Å²) in [5, 5.41) is 2.81. The Labute approximate surface area is 175 Å². The SMILES string of the molecule is O=C(COC(=O)C1c2ccccc2Oc2ccccc21)NCCCc1ccccc1. The van der Waals surface area contributed by atoms with Crippen LogP contribution in [0, 0.1) is 0 Å². The number of rotatable bonds is 7. The largest absolute Gasteiger partial charge is 0.457 e. The van der Waals surface area contributed by atoms with Crippen LogP contribution < -0.4 is 10.1 Å². The third-order valence-corrected chi connectivity index (χ3v) is 5.07. The minimum absolute atomic E-state index is 0.300. The number of hydrogen-bond acceptors (Lipinski definition) is 4. The molecule has 1 aliphatic heterocycles. The summed E-state index contributed by atoms with van der Waals surface area (Å²) in [6.07, 6.45) is 1.71. The van der Waals surface area contributed by atoms with E-state index < -0.39 is 11.9 Å². The van der Waals surface area contributed by atoms with Crippen molar-refractivity contribution in [3.05, 3.63) is 95.6 Å². The molecule has 5 heteroatoms. The van der Waals surface area contributed by atoms with Crippen molar-refractivity contribution in [2.75, 3.05) is 13.2 Å². The van der Waals surface area contributed by atoms with Crippen LogP contribution in [0.1, 0.15) is 29.0 Å². The maximum atomic E-state index is 12.9. The van der Waals surface area contributed by atoms with Gasteiger partial charge in [-0.05, 0) is 30.5 Å². The maximum Gasteiger partial charge on any atom is 0.318 e. The second-order valence-corrected chi connectivity index (χ2v) is 7.16. The molecule has 0 radical (unpaired) electrons. The fraction of sp³-hybridized carbons (Fsp3) is 0.200. The third-order valence-electron chi connectivity index (χ3n) is 5.07. The summed E-state index contributed by atoms with van der Waals surface area (Å²) in [7, 11) is 0. The van der Waals surface area contributed by atoms with E-state index in [9.17, 15) is 9.59 Å². The predicted octanol–water partition coefficient (Wildman–Crippen LogP) is 4.22. The van der Waals surface area contributed by atoms with Crippen LogP contribution in [0.4, 0.5) is 0 Å². The second kappa shape index (κ2) is 9.27. The lowest BCUT2D eigenvalue weighted by molar-refractivity contribution is -0.149. The van der Waals surface area contributed by atoms with Crippen LogP contribution in [0.5, 0.6) is 11.5 Å². The highest BCUT2D eigenvalue weighted by Gasteiger charge is 2.33. The summed E-state index contributed by atoms with van der Waals surface area (Å²) in [5.41, 5.74) is 2.71. The van der Waals surface area contributed by atoms with Gasteiger partial charge in [0.25, 0.3) is 5.91 Å². The first-order valence-electron chi connectivity index (χ1n) is 10.1. The molecule has 0 atom stereocenters. The van der Waals surface area contributed by atoms with Crippen LogP contribution in [-0.2, 0) is 20.7 Å². The number of aryl methyl sites for hydroxylation is 1. The van der Waals surface area contributed by atoms with Crippen molar-refractivity contribution in [1.82, 2.24) is 5.32 Å². The predicted molar refractivity (Wildman–Crippen MR) is 114 cm³/mol. The average molecular weight is 401 g/mol. The van der Waals surface area contributed by atoms with E-state index in [1.54, 1.807) is 0 Å². The summed E-state index contributed by atoms with van der Waals surface area (Å²) >= 11 is 0. The molecule has 0 aliphatic carbocycles. The van der Waals surface area contributed by atoms with E-state index in [0.717, 1.165) is 24.0 Å². The Hall–Kier alpha value is -3.60. The number of carbonyl (C=O) groups excluding carboxylic acids is 2. The van der Waals surface area contributed by atoms with Crippen LogP contribution in [0.25, 0.3) is 0 Å². The average Bonchev–Trinajstić information content (AvgIpc) is 2.79. The zero-order chi connectivity index (χ0) is 20.8. The zero-order valence-electron chi connectivity index (χ0n) is 16.5. The van der Waals surface area contributed by atoms with E-state index in [-0.39, 0.29) is 12.5 Å². The number of carbonyl (C=O) groups is 2. The van der Waals surface area contributed by atoms with E-state index in [1.807, 2.05) is 66.7 Å². The van der Waals surface area contributed by atoms with Crippen molar-refractivity contribution in [2.45, 2.75) is 18.8 Å². The first-order chi connectivity index (χ1) is 14.7. The summed E-state index contributed by atoms with van der Waals surface area (Å²) in [6, 6.07) is 24.9. The molecule has 4 rings (SSSR count). The molecule has 1 amide bonds. The fourth-order valence-electron chi connectivity index (χ4n) is 3.60. The van der Waals surface area contributed by atoms with E-state index in [1.165, 1.54) is 5.56 Å². The molecule has 0 spiro atoms. The van der Waals surface area contributed by atoms with Gasteiger partial charge in [-0.2, -0.15) is 0 Å². The van der Waals surface area contributed by atoms with Gasteiger partial charge in [-0.15, -0.1) is 0 Å². The van der Waals surface area contributed by atoms with Crippen LogP contribution in [-0.4, -0.2) is 25.0 Å². The summed E-state index contributed by atoms with van der Waals surface area (Å²) < 4.78 is 11.3. The van der Waals surface area contributed by atoms with Crippen molar-refractivity contribution in [2.24, 2.45) is 0 Å². The van der Waals surface area contributed by atoms with Gasteiger partial charge < -0.3 is 14.8 Å². The van der Waals surface area contributed by atoms with Gasteiger partial charge in [-0.25, -0.2) is 0 Å².